The third kappa shape index (κ3) is 5.19. The van der Waals surface area contributed by atoms with Crippen molar-refractivity contribution in [2.75, 3.05) is 0 Å². The summed E-state index contributed by atoms with van der Waals surface area (Å²) in [6.07, 6.45) is 0. The van der Waals surface area contributed by atoms with Gasteiger partial charge in [-0.15, -0.1) is 11.3 Å². The molecule has 0 saturated carbocycles. The number of aromatic nitrogens is 3. The Morgan fingerprint density at radius 1 is 0.529 bits per heavy atom. The summed E-state index contributed by atoms with van der Waals surface area (Å²) in [5.74, 6) is 2.17. The summed E-state index contributed by atoms with van der Waals surface area (Å²) in [4.78, 5) is 13.9. The van der Waals surface area contributed by atoms with Gasteiger partial charge in [0.1, 0.15) is 5.82 Å². The van der Waals surface area contributed by atoms with Gasteiger partial charge in [0.05, 0.1) is 0 Å². The van der Waals surface area contributed by atoms with Gasteiger partial charge in [-0.3, -0.25) is 0 Å². The lowest BCUT2D eigenvalue weighted by atomic mass is 10.1. The summed E-state index contributed by atoms with van der Waals surface area (Å²) in [7, 11) is 0. The van der Waals surface area contributed by atoms with Crippen LogP contribution in [0.4, 0.5) is 0 Å². The van der Waals surface area contributed by atoms with Gasteiger partial charge in [0, 0.05) is 31.3 Å². The SMILES string of the molecule is CC.Cc1nc(-c2ccccc2)nc(-c2cccc3c2sc2ccccc23)n1.c1ccccc1. The van der Waals surface area contributed by atoms with E-state index in [-0.39, 0.29) is 0 Å². The molecule has 6 aromatic rings. The fraction of sp³-hybridized carbons (Fsp3) is 0.100. The second-order valence-corrected chi connectivity index (χ2v) is 8.38. The molecule has 0 aliphatic carbocycles. The second kappa shape index (κ2) is 11.3. The predicted molar refractivity (Wildman–Crippen MR) is 146 cm³/mol. The van der Waals surface area contributed by atoms with Crippen molar-refractivity contribution >= 4 is 31.5 Å². The van der Waals surface area contributed by atoms with E-state index in [2.05, 4.69) is 52.4 Å². The molecule has 2 aromatic heterocycles. The average Bonchev–Trinajstić information content (AvgIpc) is 3.30. The minimum atomic E-state index is 0.714. The molecule has 0 aliphatic heterocycles. The summed E-state index contributed by atoms with van der Waals surface area (Å²) in [5.41, 5.74) is 2.06. The largest absolute Gasteiger partial charge is 0.213 e. The van der Waals surface area contributed by atoms with Crippen molar-refractivity contribution < 1.29 is 0 Å². The molecule has 0 amide bonds. The molecular weight excluding hydrogens is 434 g/mol. The van der Waals surface area contributed by atoms with E-state index in [0.29, 0.717) is 5.82 Å². The first-order valence-corrected chi connectivity index (χ1v) is 12.3. The zero-order valence-electron chi connectivity index (χ0n) is 19.6. The molecule has 168 valence electrons. The lowest BCUT2D eigenvalue weighted by molar-refractivity contribution is 0.993. The van der Waals surface area contributed by atoms with Crippen molar-refractivity contribution in [2.45, 2.75) is 20.8 Å². The first-order valence-electron chi connectivity index (χ1n) is 11.5. The van der Waals surface area contributed by atoms with Crippen molar-refractivity contribution in [3.63, 3.8) is 0 Å². The number of thiophene rings is 1. The summed E-state index contributed by atoms with van der Waals surface area (Å²) in [5, 5.41) is 2.53. The summed E-state index contributed by atoms with van der Waals surface area (Å²) < 4.78 is 2.50. The Morgan fingerprint density at radius 3 is 1.79 bits per heavy atom. The van der Waals surface area contributed by atoms with Crippen molar-refractivity contribution in [1.29, 1.82) is 0 Å². The van der Waals surface area contributed by atoms with Crippen molar-refractivity contribution in [3.8, 4) is 22.8 Å². The minimum Gasteiger partial charge on any atom is -0.213 e. The Hall–Kier alpha value is -3.89. The van der Waals surface area contributed by atoms with Gasteiger partial charge < -0.3 is 0 Å². The zero-order chi connectivity index (χ0) is 23.8. The Morgan fingerprint density at radius 2 is 1.09 bits per heavy atom. The van der Waals surface area contributed by atoms with Crippen LogP contribution in [0.5, 0.6) is 0 Å². The van der Waals surface area contributed by atoms with E-state index in [9.17, 15) is 0 Å². The Balaban J connectivity index is 0.000000296. The molecule has 0 N–H and O–H groups in total. The normalized spacial score (nSPS) is 10.2. The van der Waals surface area contributed by atoms with Crippen LogP contribution < -0.4 is 0 Å². The van der Waals surface area contributed by atoms with Gasteiger partial charge in [0.15, 0.2) is 11.6 Å². The molecule has 0 atom stereocenters. The molecule has 0 saturated heterocycles. The van der Waals surface area contributed by atoms with Crippen LogP contribution in [-0.2, 0) is 0 Å². The molecule has 0 aliphatic rings. The standard InChI is InChI=1S/C22H15N3S.C6H6.C2H6/c1-14-23-21(15-8-3-2-4-9-15)25-22(24-14)18-12-7-11-17-16-10-5-6-13-19(16)26-20(17)18;1-2-4-6-5-3-1;1-2/h2-13H,1H3;1-6H;1-2H3. The number of nitrogens with zero attached hydrogens (tertiary/aromatic N) is 3. The van der Waals surface area contributed by atoms with Crippen LogP contribution in [0.25, 0.3) is 42.9 Å². The highest BCUT2D eigenvalue weighted by Gasteiger charge is 2.14. The maximum Gasteiger partial charge on any atom is 0.165 e. The minimum absolute atomic E-state index is 0.714. The van der Waals surface area contributed by atoms with E-state index in [1.54, 1.807) is 11.3 Å². The Bertz CT molecular complexity index is 1450. The fourth-order valence-corrected chi connectivity index (χ4v) is 4.84. The van der Waals surface area contributed by atoms with Gasteiger partial charge in [0.2, 0.25) is 0 Å². The summed E-state index contributed by atoms with van der Waals surface area (Å²) >= 11 is 1.79. The smallest absolute Gasteiger partial charge is 0.165 e. The maximum atomic E-state index is 4.78. The van der Waals surface area contributed by atoms with E-state index in [1.807, 2.05) is 87.5 Å². The van der Waals surface area contributed by atoms with Gasteiger partial charge in [-0.1, -0.05) is 111 Å². The molecule has 4 aromatic carbocycles. The van der Waals surface area contributed by atoms with Crippen molar-refractivity contribution in [1.82, 2.24) is 15.0 Å². The molecule has 0 radical (unpaired) electrons. The van der Waals surface area contributed by atoms with E-state index < -0.39 is 0 Å². The molecule has 0 bridgehead atoms. The lowest BCUT2D eigenvalue weighted by Crippen LogP contribution is -1.99. The highest BCUT2D eigenvalue weighted by molar-refractivity contribution is 7.26. The highest BCUT2D eigenvalue weighted by Crippen LogP contribution is 2.38. The molecule has 6 rings (SSSR count). The van der Waals surface area contributed by atoms with Crippen molar-refractivity contribution in [2.24, 2.45) is 0 Å². The number of aryl methyl sites for hydroxylation is 1. The third-order valence-corrected chi connectivity index (χ3v) is 6.31. The van der Waals surface area contributed by atoms with Crippen molar-refractivity contribution in [3.05, 3.63) is 115 Å². The molecule has 4 heteroatoms. The molecule has 2 heterocycles. The van der Waals surface area contributed by atoms with Crippen LogP contribution in [0.3, 0.4) is 0 Å². The average molecular weight is 462 g/mol. The van der Waals surface area contributed by atoms with E-state index in [0.717, 1.165) is 22.8 Å². The molecule has 0 unspecified atom stereocenters. The third-order valence-electron chi connectivity index (χ3n) is 5.09. The summed E-state index contributed by atoms with van der Waals surface area (Å²) in [6, 6.07) is 36.9. The molecular formula is C30H27N3S. The van der Waals surface area contributed by atoms with Gasteiger partial charge in [-0.05, 0) is 19.1 Å². The molecule has 3 nitrogen and oxygen atoms in total. The van der Waals surface area contributed by atoms with Gasteiger partial charge in [-0.25, -0.2) is 15.0 Å². The Kier molecular flexibility index (Phi) is 7.74. The molecule has 34 heavy (non-hydrogen) atoms. The van der Waals surface area contributed by atoms with Crippen LogP contribution >= 0.6 is 11.3 Å². The number of hydrogen-bond donors (Lipinski definition) is 0. The lowest BCUT2D eigenvalue weighted by Gasteiger charge is -2.06. The van der Waals surface area contributed by atoms with Crippen LogP contribution in [0.2, 0.25) is 0 Å². The molecule has 0 fully saturated rings. The fourth-order valence-electron chi connectivity index (χ4n) is 3.63. The van der Waals surface area contributed by atoms with Crippen LogP contribution in [-0.4, -0.2) is 15.0 Å². The monoisotopic (exact) mass is 461 g/mol. The van der Waals surface area contributed by atoms with Gasteiger partial charge >= 0.3 is 0 Å². The van der Waals surface area contributed by atoms with E-state index >= 15 is 0 Å². The topological polar surface area (TPSA) is 38.7 Å². The highest BCUT2D eigenvalue weighted by atomic mass is 32.1. The second-order valence-electron chi connectivity index (χ2n) is 7.33. The number of fused-ring (bicyclic) bond motifs is 3. The predicted octanol–water partition coefficient (Wildman–Crippen LogP) is 8.59. The van der Waals surface area contributed by atoms with Crippen LogP contribution in [0.1, 0.15) is 19.7 Å². The van der Waals surface area contributed by atoms with E-state index in [1.165, 1.54) is 20.2 Å². The quantitative estimate of drug-likeness (QED) is 0.259. The maximum absolute atomic E-state index is 4.78. The van der Waals surface area contributed by atoms with E-state index in [4.69, 9.17) is 4.98 Å². The van der Waals surface area contributed by atoms with Crippen LogP contribution in [0.15, 0.2) is 109 Å². The first-order chi connectivity index (χ1) is 16.8. The number of rotatable bonds is 2. The zero-order valence-corrected chi connectivity index (χ0v) is 20.5. The Labute approximate surface area is 204 Å². The summed E-state index contributed by atoms with van der Waals surface area (Å²) in [6.45, 7) is 5.92. The molecule has 0 spiro atoms. The number of hydrogen-bond acceptors (Lipinski definition) is 4. The van der Waals surface area contributed by atoms with Crippen LogP contribution in [0, 0.1) is 6.92 Å². The first kappa shape index (κ1) is 23.3. The number of benzene rings is 4. The van der Waals surface area contributed by atoms with Gasteiger partial charge in [-0.2, -0.15) is 0 Å². The van der Waals surface area contributed by atoms with Gasteiger partial charge in [0.25, 0.3) is 0 Å².